The van der Waals surface area contributed by atoms with E-state index >= 15 is 0 Å². The highest BCUT2D eigenvalue weighted by atomic mass is 19.4. The zero-order chi connectivity index (χ0) is 13.8. The van der Waals surface area contributed by atoms with Crippen LogP contribution < -0.4 is 0 Å². The summed E-state index contributed by atoms with van der Waals surface area (Å²) in [6.45, 7) is 0. The van der Waals surface area contributed by atoms with Crippen LogP contribution in [0.4, 0.5) is 26.3 Å². The Morgan fingerprint density at radius 1 is 0.944 bits per heavy atom. The van der Waals surface area contributed by atoms with Gasteiger partial charge in [0, 0.05) is 0 Å². The molecule has 3 atom stereocenters. The van der Waals surface area contributed by atoms with Crippen molar-refractivity contribution in [1.82, 2.24) is 0 Å². The van der Waals surface area contributed by atoms with Crippen LogP contribution in [0.15, 0.2) is 12.2 Å². The Kier molecular flexibility index (Phi) is 2.96. The number of rotatable bonds is 2. The van der Waals surface area contributed by atoms with Gasteiger partial charge in [0.15, 0.2) is 0 Å². The fourth-order valence-electron chi connectivity index (χ4n) is 2.90. The normalized spacial score (nSPS) is 32.3. The molecule has 2 bridgehead atoms. The first-order valence-electron chi connectivity index (χ1n) is 5.59. The van der Waals surface area contributed by atoms with E-state index in [0.717, 1.165) is 0 Å². The van der Waals surface area contributed by atoms with Crippen molar-refractivity contribution >= 4 is 0 Å². The number of alkyl halides is 6. The van der Waals surface area contributed by atoms with Crippen molar-refractivity contribution in [3.8, 4) is 0 Å². The third-order valence-electron chi connectivity index (χ3n) is 3.91. The van der Waals surface area contributed by atoms with Crippen LogP contribution >= 0.6 is 0 Å². The number of fused-ring (bicyclic) bond motifs is 2. The highest BCUT2D eigenvalue weighted by molar-refractivity contribution is 5.12. The minimum Gasteiger partial charge on any atom is -0.374 e. The molecule has 2 rings (SSSR count). The van der Waals surface area contributed by atoms with Crippen LogP contribution in [0.1, 0.15) is 19.3 Å². The Hall–Kier alpha value is -0.720. The van der Waals surface area contributed by atoms with Crippen molar-refractivity contribution in [3.63, 3.8) is 0 Å². The second-order valence-corrected chi connectivity index (χ2v) is 5.10. The Morgan fingerprint density at radius 3 is 1.83 bits per heavy atom. The SMILES string of the molecule is OC(CC1C[C@@H]2C=C[C@@H]1C2)(C(F)(F)F)C(F)(F)F. The van der Waals surface area contributed by atoms with Gasteiger partial charge in [0.2, 0.25) is 0 Å². The molecule has 18 heavy (non-hydrogen) atoms. The van der Waals surface area contributed by atoms with Gasteiger partial charge in [-0.15, -0.1) is 0 Å². The summed E-state index contributed by atoms with van der Waals surface area (Å²) in [5.74, 6) is -0.967. The number of hydrogen-bond acceptors (Lipinski definition) is 1. The van der Waals surface area contributed by atoms with Crippen molar-refractivity contribution < 1.29 is 31.4 Å². The van der Waals surface area contributed by atoms with Gasteiger partial charge in [-0.3, -0.25) is 0 Å². The van der Waals surface area contributed by atoms with Gasteiger partial charge in [-0.05, 0) is 37.0 Å². The molecular weight excluding hydrogens is 262 g/mol. The summed E-state index contributed by atoms with van der Waals surface area (Å²) in [6.07, 6.45) is -8.33. The predicted molar refractivity (Wildman–Crippen MR) is 50.5 cm³/mol. The fourth-order valence-corrected chi connectivity index (χ4v) is 2.90. The smallest absolute Gasteiger partial charge is 0.374 e. The molecule has 0 aromatic carbocycles. The lowest BCUT2D eigenvalue weighted by molar-refractivity contribution is -0.373. The molecule has 7 heteroatoms. The molecule has 1 saturated carbocycles. The third-order valence-corrected chi connectivity index (χ3v) is 3.91. The van der Waals surface area contributed by atoms with E-state index in [1.165, 1.54) is 0 Å². The molecule has 0 aliphatic heterocycles. The Labute approximate surface area is 99.5 Å². The summed E-state index contributed by atoms with van der Waals surface area (Å²) in [6, 6.07) is 0. The second-order valence-electron chi connectivity index (χ2n) is 5.10. The van der Waals surface area contributed by atoms with E-state index in [-0.39, 0.29) is 18.3 Å². The van der Waals surface area contributed by atoms with Crippen LogP contribution in [0.5, 0.6) is 0 Å². The molecular formula is C11H12F6O. The molecule has 0 aromatic heterocycles. The monoisotopic (exact) mass is 274 g/mol. The van der Waals surface area contributed by atoms with Crippen molar-refractivity contribution in [2.45, 2.75) is 37.2 Å². The number of aliphatic hydroxyl groups is 1. The molecule has 0 spiro atoms. The lowest BCUT2D eigenvalue weighted by atomic mass is 9.82. The summed E-state index contributed by atoms with van der Waals surface area (Å²) in [5, 5.41) is 9.10. The average Bonchev–Trinajstić information content (AvgIpc) is 2.75. The minimum absolute atomic E-state index is 0.0608. The van der Waals surface area contributed by atoms with Crippen LogP contribution in [0, 0.1) is 17.8 Å². The molecule has 104 valence electrons. The van der Waals surface area contributed by atoms with E-state index in [1.54, 1.807) is 6.08 Å². The fraction of sp³-hybridized carbons (Fsp3) is 0.818. The largest absolute Gasteiger partial charge is 0.426 e. The third kappa shape index (κ3) is 2.02. The first-order valence-corrected chi connectivity index (χ1v) is 5.59. The van der Waals surface area contributed by atoms with Crippen LogP contribution in [0.25, 0.3) is 0 Å². The lowest BCUT2D eigenvalue weighted by Crippen LogP contribution is -2.58. The molecule has 0 heterocycles. The summed E-state index contributed by atoms with van der Waals surface area (Å²) in [4.78, 5) is 0. The predicted octanol–water partition coefficient (Wildman–Crippen LogP) is 3.44. The highest BCUT2D eigenvalue weighted by Crippen LogP contribution is 2.53. The van der Waals surface area contributed by atoms with E-state index in [2.05, 4.69) is 0 Å². The van der Waals surface area contributed by atoms with E-state index in [1.807, 2.05) is 6.08 Å². The molecule has 0 saturated heterocycles. The molecule has 1 nitrogen and oxygen atoms in total. The standard InChI is InChI=1S/C11H12F6O/c12-10(13,14)9(18,11(15,16)17)5-8-4-6-1-2-7(8)3-6/h1-2,6-8,18H,3-5H2/t6-,7-,8?/m1/s1. The summed E-state index contributed by atoms with van der Waals surface area (Å²) in [7, 11) is 0. The molecule has 0 aromatic rings. The molecule has 1 N–H and O–H groups in total. The molecule has 2 aliphatic carbocycles. The van der Waals surface area contributed by atoms with E-state index in [0.29, 0.717) is 6.42 Å². The quantitative estimate of drug-likeness (QED) is 0.604. The first-order chi connectivity index (χ1) is 8.04. The van der Waals surface area contributed by atoms with Crippen molar-refractivity contribution in [3.05, 3.63) is 12.2 Å². The van der Waals surface area contributed by atoms with Gasteiger partial charge in [0.1, 0.15) is 0 Å². The van der Waals surface area contributed by atoms with Gasteiger partial charge >= 0.3 is 12.4 Å². The van der Waals surface area contributed by atoms with Crippen molar-refractivity contribution in [1.29, 1.82) is 0 Å². The number of allylic oxidation sites excluding steroid dienone is 2. The van der Waals surface area contributed by atoms with E-state index < -0.39 is 30.3 Å². The Balaban J connectivity index is 2.19. The number of hydrogen-bond donors (Lipinski definition) is 1. The average molecular weight is 274 g/mol. The van der Waals surface area contributed by atoms with Crippen molar-refractivity contribution in [2.24, 2.45) is 17.8 Å². The van der Waals surface area contributed by atoms with E-state index in [9.17, 15) is 26.3 Å². The maximum absolute atomic E-state index is 12.5. The zero-order valence-corrected chi connectivity index (χ0v) is 9.22. The Bertz CT molecular complexity index is 342. The van der Waals surface area contributed by atoms with Gasteiger partial charge in [0.05, 0.1) is 0 Å². The van der Waals surface area contributed by atoms with E-state index in [4.69, 9.17) is 5.11 Å². The van der Waals surface area contributed by atoms with Crippen LogP contribution in [-0.4, -0.2) is 23.1 Å². The molecule has 0 radical (unpaired) electrons. The molecule has 2 aliphatic rings. The van der Waals surface area contributed by atoms with Gasteiger partial charge < -0.3 is 5.11 Å². The van der Waals surface area contributed by atoms with Gasteiger partial charge in [0.25, 0.3) is 5.60 Å². The van der Waals surface area contributed by atoms with Crippen LogP contribution in [-0.2, 0) is 0 Å². The highest BCUT2D eigenvalue weighted by Gasteiger charge is 2.71. The van der Waals surface area contributed by atoms with Crippen molar-refractivity contribution in [2.75, 3.05) is 0 Å². The topological polar surface area (TPSA) is 20.2 Å². The van der Waals surface area contributed by atoms with Gasteiger partial charge in [-0.25, -0.2) is 0 Å². The first kappa shape index (κ1) is 13.7. The number of halogens is 6. The molecule has 1 fully saturated rings. The summed E-state index contributed by atoms with van der Waals surface area (Å²) in [5.41, 5.74) is -4.59. The van der Waals surface area contributed by atoms with Crippen LogP contribution in [0.3, 0.4) is 0 Å². The van der Waals surface area contributed by atoms with Gasteiger partial charge in [-0.2, -0.15) is 26.3 Å². The zero-order valence-electron chi connectivity index (χ0n) is 9.22. The molecule has 0 amide bonds. The summed E-state index contributed by atoms with van der Waals surface area (Å²) < 4.78 is 75.0. The second kappa shape index (κ2) is 3.88. The maximum atomic E-state index is 12.5. The minimum atomic E-state index is -5.70. The Morgan fingerprint density at radius 2 is 1.50 bits per heavy atom. The van der Waals surface area contributed by atoms with Crippen LogP contribution in [0.2, 0.25) is 0 Å². The lowest BCUT2D eigenvalue weighted by Gasteiger charge is -2.35. The molecule has 1 unspecified atom stereocenters. The van der Waals surface area contributed by atoms with Gasteiger partial charge in [-0.1, -0.05) is 12.2 Å². The summed E-state index contributed by atoms with van der Waals surface area (Å²) >= 11 is 0. The maximum Gasteiger partial charge on any atom is 0.426 e.